The van der Waals surface area contributed by atoms with Crippen LogP contribution in [0.1, 0.15) is 34.1 Å². The monoisotopic (exact) mass is 252 g/mol. The Balaban J connectivity index is 0. The van der Waals surface area contributed by atoms with E-state index in [4.69, 9.17) is 8.42 Å². The Bertz CT molecular complexity index is 168. The molecule has 0 atom stereocenters. The van der Waals surface area contributed by atoms with Gasteiger partial charge in [0.1, 0.15) is 12.2 Å². The van der Waals surface area contributed by atoms with Crippen LogP contribution in [-0.4, -0.2) is 23.5 Å². The van der Waals surface area contributed by atoms with Gasteiger partial charge in [0.05, 0.1) is 0 Å². The van der Waals surface area contributed by atoms with Gasteiger partial charge in [-0.25, -0.2) is 0 Å². The standard InChI is InChI=1S/C4H6O3.C4H9O.C2H5.Ti/c1-3(5)2-4(6)7;1-4(2)3-5;1-2;/h2H2,1H3,(H,6,7);4H,3H2,1-2H3;1H2,2H3;/q;-1;;+1. The molecule has 0 amide bonds. The average molecular weight is 252 g/mol. The summed E-state index contributed by atoms with van der Waals surface area (Å²) in [6.07, 6.45) is -0.361. The Morgan fingerprint density at radius 3 is 2.13 bits per heavy atom. The van der Waals surface area contributed by atoms with E-state index < -0.39 is 5.97 Å². The molecule has 4 nitrogen and oxygen atoms in total. The number of Topliss-reactive ketones (excluding diaryl/α,β-unsaturated/α-hetero) is 1. The molecule has 0 aromatic carbocycles. The van der Waals surface area contributed by atoms with Crippen molar-refractivity contribution in [1.82, 2.24) is 0 Å². The van der Waals surface area contributed by atoms with Crippen LogP contribution in [0.2, 0.25) is 4.73 Å². The second-order valence-corrected chi connectivity index (χ2v) is 5.48. The summed E-state index contributed by atoms with van der Waals surface area (Å²) in [5.74, 6) is -0.662. The maximum atomic E-state index is 9.87. The molecule has 0 saturated heterocycles. The normalized spacial score (nSPS) is 9.13. The van der Waals surface area contributed by atoms with E-state index >= 15 is 0 Å². The number of ketones is 1. The molecular formula is C10H20O4Ti. The summed E-state index contributed by atoms with van der Waals surface area (Å²) in [6, 6.07) is 0. The molecule has 1 N–H and O–H groups in total. The van der Waals surface area contributed by atoms with Crippen LogP contribution in [-0.2, 0) is 32.4 Å². The van der Waals surface area contributed by atoms with E-state index in [2.05, 4.69) is 20.8 Å². The zero-order valence-electron chi connectivity index (χ0n) is 9.87. The van der Waals surface area contributed by atoms with Crippen LogP contribution < -0.4 is 0 Å². The van der Waals surface area contributed by atoms with Crippen molar-refractivity contribution < 1.29 is 37.6 Å². The summed E-state index contributed by atoms with van der Waals surface area (Å²) >= 11 is -0.0175. The Kier molecular flexibility index (Phi) is 13.6. The van der Waals surface area contributed by atoms with Crippen molar-refractivity contribution in [1.29, 1.82) is 0 Å². The van der Waals surface area contributed by atoms with E-state index in [1.807, 2.05) is 0 Å². The molecule has 0 aromatic rings. The molecule has 0 spiro atoms. The van der Waals surface area contributed by atoms with Gasteiger partial charge in [0, 0.05) is 0 Å². The zero-order chi connectivity index (χ0) is 12.3. The summed E-state index contributed by atoms with van der Waals surface area (Å²) < 4.78 is 6.63. The van der Waals surface area contributed by atoms with Gasteiger partial charge in [-0.2, -0.15) is 0 Å². The van der Waals surface area contributed by atoms with Gasteiger partial charge in [-0.05, 0) is 6.92 Å². The second-order valence-electron chi connectivity index (χ2n) is 3.48. The fourth-order valence-corrected chi connectivity index (χ4v) is 1.56. The number of rotatable bonds is 6. The van der Waals surface area contributed by atoms with E-state index in [0.717, 1.165) is 6.61 Å². The predicted molar refractivity (Wildman–Crippen MR) is 54.2 cm³/mol. The van der Waals surface area contributed by atoms with E-state index in [1.54, 1.807) is 0 Å². The molecule has 0 aliphatic carbocycles. The second kappa shape index (κ2) is 11.9. The molecule has 0 rings (SSSR count). The summed E-state index contributed by atoms with van der Waals surface area (Å²) in [5.41, 5.74) is 0. The van der Waals surface area contributed by atoms with E-state index in [0.29, 0.717) is 5.92 Å². The molecular weight excluding hydrogens is 232 g/mol. The number of hydrogen-bond acceptors (Lipinski definition) is 3. The fraction of sp³-hybridized carbons (Fsp3) is 0.800. The van der Waals surface area contributed by atoms with Crippen LogP contribution >= 0.6 is 0 Å². The van der Waals surface area contributed by atoms with Crippen LogP contribution in [0.4, 0.5) is 0 Å². The molecule has 0 fully saturated rings. The van der Waals surface area contributed by atoms with Gasteiger partial charge in [0.2, 0.25) is 0 Å². The number of carbonyl (C=O) groups is 2. The van der Waals surface area contributed by atoms with E-state index in [9.17, 15) is 9.59 Å². The first-order chi connectivity index (χ1) is 6.90. The topological polar surface area (TPSA) is 63.6 Å². The van der Waals surface area contributed by atoms with Crippen molar-refractivity contribution >= 4 is 11.8 Å². The quantitative estimate of drug-likeness (QED) is 0.447. The molecule has 0 aliphatic heterocycles. The first-order valence-electron chi connectivity index (χ1n) is 4.96. The Hall–Kier alpha value is -0.186. The van der Waals surface area contributed by atoms with Crippen LogP contribution in [0.5, 0.6) is 0 Å². The Labute approximate surface area is 101 Å². The van der Waals surface area contributed by atoms with Crippen LogP contribution in [0, 0.1) is 5.92 Å². The molecule has 0 radical (unpaired) electrons. The number of carboxylic acid groups (broad SMARTS) is 1. The Morgan fingerprint density at radius 2 is 1.93 bits per heavy atom. The summed E-state index contributed by atoms with van der Waals surface area (Å²) in [5, 5.41) is 7.86. The predicted octanol–water partition coefficient (Wildman–Crippen LogP) is 2.14. The first kappa shape index (κ1) is 17.2. The molecule has 0 bridgehead atoms. The van der Waals surface area contributed by atoms with Gasteiger partial charge in [-0.15, -0.1) is 0 Å². The van der Waals surface area contributed by atoms with Crippen molar-refractivity contribution in [3.05, 3.63) is 0 Å². The van der Waals surface area contributed by atoms with Crippen molar-refractivity contribution in [2.45, 2.75) is 38.8 Å². The fourth-order valence-electron chi connectivity index (χ4n) is 0.541. The Morgan fingerprint density at radius 1 is 1.40 bits per heavy atom. The molecule has 15 heavy (non-hydrogen) atoms. The van der Waals surface area contributed by atoms with Gasteiger partial charge >= 0.3 is 66.9 Å². The number of carboxylic acids is 1. The van der Waals surface area contributed by atoms with Crippen LogP contribution in [0.3, 0.4) is 0 Å². The summed E-state index contributed by atoms with van der Waals surface area (Å²) in [7, 11) is 0. The third-order valence-electron chi connectivity index (χ3n) is 1.06. The molecule has 0 saturated carbocycles. The number of aliphatic carboxylic acids is 1. The van der Waals surface area contributed by atoms with Crippen molar-refractivity contribution in [3.63, 3.8) is 0 Å². The minimum atomic E-state index is -1.06. The van der Waals surface area contributed by atoms with E-state index in [-0.39, 0.29) is 31.7 Å². The third-order valence-corrected chi connectivity index (χ3v) is 2.09. The van der Waals surface area contributed by atoms with Gasteiger partial charge < -0.3 is 5.11 Å². The molecule has 0 aromatic heterocycles. The summed E-state index contributed by atoms with van der Waals surface area (Å²) in [6.45, 7) is 8.76. The van der Waals surface area contributed by atoms with Crippen molar-refractivity contribution in [2.75, 3.05) is 6.61 Å². The van der Waals surface area contributed by atoms with Gasteiger partial charge in [0.25, 0.3) is 0 Å². The van der Waals surface area contributed by atoms with Crippen LogP contribution in [0.25, 0.3) is 0 Å². The van der Waals surface area contributed by atoms with E-state index in [1.165, 1.54) is 11.6 Å². The van der Waals surface area contributed by atoms with Crippen molar-refractivity contribution in [3.8, 4) is 0 Å². The first-order valence-corrected chi connectivity index (χ1v) is 6.70. The number of hydrogen-bond donors (Lipinski definition) is 1. The number of carbonyl (C=O) groups excluding carboxylic acids is 1. The van der Waals surface area contributed by atoms with Gasteiger partial charge in [0.15, 0.2) is 0 Å². The third kappa shape index (κ3) is 24.8. The minimum absolute atomic E-state index is 0.0175. The molecule has 0 heterocycles. The summed E-state index contributed by atoms with van der Waals surface area (Å²) in [4.78, 5) is 19.5. The molecule has 88 valence electrons. The maximum absolute atomic E-state index is 9.87. The van der Waals surface area contributed by atoms with Gasteiger partial charge in [-0.1, -0.05) is 0 Å². The zero-order valence-corrected chi connectivity index (χ0v) is 11.4. The molecule has 0 aliphatic rings. The molecule has 5 heteroatoms. The van der Waals surface area contributed by atoms with Crippen molar-refractivity contribution in [2.24, 2.45) is 5.92 Å². The van der Waals surface area contributed by atoms with Crippen LogP contribution in [0.15, 0.2) is 0 Å². The van der Waals surface area contributed by atoms with Gasteiger partial charge in [-0.3, -0.25) is 9.59 Å². The molecule has 0 unspecified atom stereocenters. The SMILES string of the molecule is CC(=O)CC(=O)O.C[CH2][Ti][O]CC(C)C. The average Bonchev–Trinajstić information content (AvgIpc) is 2.02.